The van der Waals surface area contributed by atoms with Crippen LogP contribution in [0.2, 0.25) is 0 Å². The number of benzene rings is 1. The van der Waals surface area contributed by atoms with Crippen LogP contribution >= 0.6 is 0 Å². The molecule has 1 saturated heterocycles. The SMILES string of the molecule is Cc1ccccc1C(C(=O)O)N1CCC(C)CC1. The molecule has 0 radical (unpaired) electrons. The molecule has 1 atom stereocenters. The Morgan fingerprint density at radius 1 is 1.33 bits per heavy atom. The van der Waals surface area contributed by atoms with Crippen molar-refractivity contribution in [3.8, 4) is 0 Å². The summed E-state index contributed by atoms with van der Waals surface area (Å²) in [5.74, 6) is -0.0218. The van der Waals surface area contributed by atoms with E-state index in [2.05, 4.69) is 11.8 Å². The number of rotatable bonds is 3. The first kappa shape index (κ1) is 13.1. The Morgan fingerprint density at radius 2 is 1.94 bits per heavy atom. The quantitative estimate of drug-likeness (QED) is 0.893. The van der Waals surface area contributed by atoms with E-state index >= 15 is 0 Å². The third-order valence-electron chi connectivity index (χ3n) is 3.90. The first-order chi connectivity index (χ1) is 8.59. The topological polar surface area (TPSA) is 40.5 Å². The van der Waals surface area contributed by atoms with Crippen LogP contribution in [0.4, 0.5) is 0 Å². The number of aryl methyl sites for hydroxylation is 1. The highest BCUT2D eigenvalue weighted by Gasteiger charge is 2.30. The molecule has 1 heterocycles. The summed E-state index contributed by atoms with van der Waals surface area (Å²) in [5.41, 5.74) is 1.99. The van der Waals surface area contributed by atoms with Crippen LogP contribution in [-0.2, 0) is 4.79 Å². The van der Waals surface area contributed by atoms with Gasteiger partial charge >= 0.3 is 5.97 Å². The largest absolute Gasteiger partial charge is 0.480 e. The van der Waals surface area contributed by atoms with Crippen molar-refractivity contribution >= 4 is 5.97 Å². The molecular formula is C15H21NO2. The zero-order valence-corrected chi connectivity index (χ0v) is 11.1. The number of carboxylic acids is 1. The number of likely N-dealkylation sites (tertiary alicyclic amines) is 1. The molecule has 1 fully saturated rings. The van der Waals surface area contributed by atoms with Crippen LogP contribution in [0.3, 0.4) is 0 Å². The molecule has 1 aromatic rings. The maximum absolute atomic E-state index is 11.6. The van der Waals surface area contributed by atoms with Gasteiger partial charge in [-0.1, -0.05) is 31.2 Å². The molecule has 3 nitrogen and oxygen atoms in total. The number of piperidine rings is 1. The molecule has 0 bridgehead atoms. The molecule has 0 aromatic heterocycles. The molecule has 1 aliphatic rings. The van der Waals surface area contributed by atoms with Crippen LogP contribution in [0.25, 0.3) is 0 Å². The van der Waals surface area contributed by atoms with Gasteiger partial charge in [0.05, 0.1) is 0 Å². The fraction of sp³-hybridized carbons (Fsp3) is 0.533. The summed E-state index contributed by atoms with van der Waals surface area (Å²) in [6.07, 6.45) is 2.19. The van der Waals surface area contributed by atoms with Crippen molar-refractivity contribution in [1.29, 1.82) is 0 Å². The zero-order valence-electron chi connectivity index (χ0n) is 11.1. The molecule has 1 aliphatic heterocycles. The number of aliphatic carboxylic acids is 1. The summed E-state index contributed by atoms with van der Waals surface area (Å²) < 4.78 is 0. The van der Waals surface area contributed by atoms with E-state index in [4.69, 9.17) is 0 Å². The van der Waals surface area contributed by atoms with Crippen molar-refractivity contribution < 1.29 is 9.90 Å². The lowest BCUT2D eigenvalue weighted by molar-refractivity contribution is -0.144. The molecule has 1 unspecified atom stereocenters. The first-order valence-electron chi connectivity index (χ1n) is 6.62. The Hall–Kier alpha value is -1.35. The van der Waals surface area contributed by atoms with Gasteiger partial charge in [-0.05, 0) is 49.9 Å². The molecule has 1 aromatic carbocycles. The van der Waals surface area contributed by atoms with Crippen molar-refractivity contribution in [3.05, 3.63) is 35.4 Å². The molecule has 0 spiro atoms. The van der Waals surface area contributed by atoms with Gasteiger partial charge in [0.1, 0.15) is 6.04 Å². The Morgan fingerprint density at radius 3 is 2.50 bits per heavy atom. The Labute approximate surface area is 108 Å². The second-order valence-corrected chi connectivity index (χ2v) is 5.32. The highest BCUT2D eigenvalue weighted by molar-refractivity contribution is 5.76. The lowest BCUT2D eigenvalue weighted by Crippen LogP contribution is -2.40. The van der Waals surface area contributed by atoms with Crippen molar-refractivity contribution in [2.75, 3.05) is 13.1 Å². The molecule has 18 heavy (non-hydrogen) atoms. The van der Waals surface area contributed by atoms with Crippen molar-refractivity contribution in [2.24, 2.45) is 5.92 Å². The van der Waals surface area contributed by atoms with Crippen LogP contribution in [0.5, 0.6) is 0 Å². The van der Waals surface area contributed by atoms with Gasteiger partial charge in [-0.3, -0.25) is 9.69 Å². The van der Waals surface area contributed by atoms with Crippen LogP contribution < -0.4 is 0 Å². The molecule has 1 N–H and O–H groups in total. The summed E-state index contributed by atoms with van der Waals surface area (Å²) in [4.78, 5) is 13.7. The summed E-state index contributed by atoms with van der Waals surface area (Å²) in [6.45, 7) is 5.98. The Bertz CT molecular complexity index is 422. The van der Waals surface area contributed by atoms with E-state index in [1.807, 2.05) is 31.2 Å². The van der Waals surface area contributed by atoms with E-state index in [0.717, 1.165) is 37.1 Å². The van der Waals surface area contributed by atoms with E-state index in [1.54, 1.807) is 0 Å². The Kier molecular flexibility index (Phi) is 4.02. The molecule has 2 rings (SSSR count). The first-order valence-corrected chi connectivity index (χ1v) is 6.62. The van der Waals surface area contributed by atoms with Gasteiger partial charge < -0.3 is 5.11 Å². The summed E-state index contributed by atoms with van der Waals surface area (Å²) in [7, 11) is 0. The minimum Gasteiger partial charge on any atom is -0.480 e. The summed E-state index contributed by atoms with van der Waals surface area (Å²) in [5, 5.41) is 9.53. The highest BCUT2D eigenvalue weighted by atomic mass is 16.4. The maximum Gasteiger partial charge on any atom is 0.325 e. The van der Waals surface area contributed by atoms with Crippen LogP contribution in [0, 0.1) is 12.8 Å². The normalized spacial score (nSPS) is 19.7. The molecule has 98 valence electrons. The predicted molar refractivity (Wildman–Crippen MR) is 71.5 cm³/mol. The second kappa shape index (κ2) is 5.53. The van der Waals surface area contributed by atoms with Crippen LogP contribution in [-0.4, -0.2) is 29.1 Å². The minimum absolute atomic E-state index is 0.487. The van der Waals surface area contributed by atoms with Crippen LogP contribution in [0.1, 0.15) is 36.9 Å². The van der Waals surface area contributed by atoms with Gasteiger partial charge in [-0.2, -0.15) is 0 Å². The average Bonchev–Trinajstić information content (AvgIpc) is 2.34. The minimum atomic E-state index is -0.737. The van der Waals surface area contributed by atoms with E-state index in [1.165, 1.54) is 0 Å². The van der Waals surface area contributed by atoms with Gasteiger partial charge in [0.2, 0.25) is 0 Å². The number of hydrogen-bond donors (Lipinski definition) is 1. The second-order valence-electron chi connectivity index (χ2n) is 5.32. The number of nitrogens with zero attached hydrogens (tertiary/aromatic N) is 1. The monoisotopic (exact) mass is 247 g/mol. The molecule has 3 heteroatoms. The maximum atomic E-state index is 11.6. The third kappa shape index (κ3) is 2.72. The zero-order chi connectivity index (χ0) is 13.1. The molecule has 0 aliphatic carbocycles. The highest BCUT2D eigenvalue weighted by Crippen LogP contribution is 2.28. The van der Waals surface area contributed by atoms with Gasteiger partial charge in [0.15, 0.2) is 0 Å². The van der Waals surface area contributed by atoms with Crippen molar-refractivity contribution in [2.45, 2.75) is 32.7 Å². The van der Waals surface area contributed by atoms with Crippen LogP contribution in [0.15, 0.2) is 24.3 Å². The number of carbonyl (C=O) groups is 1. The van der Waals surface area contributed by atoms with E-state index < -0.39 is 12.0 Å². The fourth-order valence-electron chi connectivity index (χ4n) is 2.67. The van der Waals surface area contributed by atoms with E-state index in [9.17, 15) is 9.90 Å². The van der Waals surface area contributed by atoms with Gasteiger partial charge in [0.25, 0.3) is 0 Å². The standard InChI is InChI=1S/C15H21NO2/c1-11-7-9-16(10-8-11)14(15(17)18)13-6-4-3-5-12(13)2/h3-6,11,14H,7-10H2,1-2H3,(H,17,18). The number of carboxylic acid groups (broad SMARTS) is 1. The average molecular weight is 247 g/mol. The summed E-state index contributed by atoms with van der Waals surface area (Å²) >= 11 is 0. The smallest absolute Gasteiger partial charge is 0.325 e. The lowest BCUT2D eigenvalue weighted by Gasteiger charge is -2.35. The third-order valence-corrected chi connectivity index (χ3v) is 3.90. The predicted octanol–water partition coefficient (Wildman–Crippen LogP) is 2.85. The molecular weight excluding hydrogens is 226 g/mol. The molecule has 0 amide bonds. The van der Waals surface area contributed by atoms with Gasteiger partial charge in [0, 0.05) is 0 Å². The van der Waals surface area contributed by atoms with E-state index in [-0.39, 0.29) is 0 Å². The number of hydrogen-bond acceptors (Lipinski definition) is 2. The van der Waals surface area contributed by atoms with E-state index in [0.29, 0.717) is 5.92 Å². The Balaban J connectivity index is 2.24. The molecule has 0 saturated carbocycles. The lowest BCUT2D eigenvalue weighted by atomic mass is 9.94. The van der Waals surface area contributed by atoms with Gasteiger partial charge in [-0.25, -0.2) is 0 Å². The summed E-state index contributed by atoms with van der Waals surface area (Å²) in [6, 6.07) is 7.31. The van der Waals surface area contributed by atoms with Gasteiger partial charge in [-0.15, -0.1) is 0 Å². The van der Waals surface area contributed by atoms with Crippen molar-refractivity contribution in [1.82, 2.24) is 4.90 Å². The van der Waals surface area contributed by atoms with Crippen molar-refractivity contribution in [3.63, 3.8) is 0 Å². The fourth-order valence-corrected chi connectivity index (χ4v) is 2.67.